The van der Waals surface area contributed by atoms with E-state index in [1.54, 1.807) is 12.4 Å². The summed E-state index contributed by atoms with van der Waals surface area (Å²) >= 11 is 0. The molecule has 0 N–H and O–H groups in total. The number of hydrogen-bond acceptors (Lipinski definition) is 7. The van der Waals surface area contributed by atoms with E-state index in [2.05, 4.69) is 25.8 Å². The van der Waals surface area contributed by atoms with Crippen LogP contribution < -0.4 is 0 Å². The summed E-state index contributed by atoms with van der Waals surface area (Å²) in [6.45, 7) is 5.68. The van der Waals surface area contributed by atoms with Gasteiger partial charge in [0.25, 0.3) is 0 Å². The summed E-state index contributed by atoms with van der Waals surface area (Å²) in [5, 5.41) is 0.822. The predicted molar refractivity (Wildman–Crippen MR) is 117 cm³/mol. The first-order valence-corrected chi connectivity index (χ1v) is 11.7. The van der Waals surface area contributed by atoms with E-state index in [9.17, 15) is 0 Å². The molecule has 0 bridgehead atoms. The van der Waals surface area contributed by atoms with Crippen molar-refractivity contribution in [1.82, 2.24) is 19.9 Å². The third-order valence-corrected chi connectivity index (χ3v) is 4.84. The van der Waals surface area contributed by atoms with Gasteiger partial charge in [-0.1, -0.05) is 5.87 Å². The summed E-state index contributed by atoms with van der Waals surface area (Å²) in [7, 11) is -0.151. The van der Waals surface area contributed by atoms with Crippen molar-refractivity contribution < 1.29 is 14.2 Å². The molecule has 2 heterocycles. The van der Waals surface area contributed by atoms with Gasteiger partial charge >= 0.3 is 0 Å². The minimum atomic E-state index is -0.151. The lowest BCUT2D eigenvalue weighted by atomic mass is 10.2. The molecule has 2 aromatic heterocycles. The van der Waals surface area contributed by atoms with Gasteiger partial charge in [-0.3, -0.25) is 0 Å². The lowest BCUT2D eigenvalue weighted by Gasteiger charge is -2.07. The van der Waals surface area contributed by atoms with Crippen molar-refractivity contribution >= 4 is 16.4 Å². The van der Waals surface area contributed by atoms with Gasteiger partial charge in [-0.2, -0.15) is 0 Å². The molecule has 7 nitrogen and oxygen atoms in total. The van der Waals surface area contributed by atoms with E-state index in [4.69, 9.17) is 14.2 Å². The molecule has 0 spiro atoms. The normalized spacial score (nSPS) is 12.2. The molecule has 160 valence electrons. The monoisotopic (exact) mass is 420 g/mol. The minimum Gasteiger partial charge on any atom is -0.379 e. The van der Waals surface area contributed by atoms with Gasteiger partial charge in [-0.15, -0.1) is 10.5 Å². The van der Waals surface area contributed by atoms with E-state index in [1.165, 1.54) is 0 Å². The van der Waals surface area contributed by atoms with Crippen molar-refractivity contribution in [2.24, 2.45) is 0 Å². The summed E-state index contributed by atoms with van der Waals surface area (Å²) < 4.78 is 16.7. The standard InChI is InChI=1S/C21H32N4O3S/c1-18-22-10-8-19(24-18)6-4-12-26-14-16-28-17-15-27-13-5-7-20-9-11-23-21(25-20)29(2)3/h8-11H,2,4-7,12-17H2,1,3H3. The van der Waals surface area contributed by atoms with Crippen molar-refractivity contribution in [3.05, 3.63) is 41.7 Å². The maximum Gasteiger partial charge on any atom is 0.181 e. The number of nitrogens with zero attached hydrogens (tertiary/aromatic N) is 4. The predicted octanol–water partition coefficient (Wildman–Crippen LogP) is 2.88. The Balaban J connectivity index is 1.37. The topological polar surface area (TPSA) is 79.2 Å². The Bertz CT molecular complexity index is 745. The lowest BCUT2D eigenvalue weighted by Crippen LogP contribution is -2.11. The van der Waals surface area contributed by atoms with Crippen LogP contribution in [0, 0.1) is 6.92 Å². The number of aryl methyl sites for hydroxylation is 3. The Morgan fingerprint density at radius 1 is 0.793 bits per heavy atom. The van der Waals surface area contributed by atoms with E-state index in [1.807, 2.05) is 25.3 Å². The molecule has 0 fully saturated rings. The molecule has 2 aromatic rings. The van der Waals surface area contributed by atoms with Crippen molar-refractivity contribution in [1.29, 1.82) is 0 Å². The number of ether oxygens (including phenoxy) is 3. The fourth-order valence-corrected chi connectivity index (χ4v) is 3.09. The molecule has 0 aliphatic heterocycles. The minimum absolute atomic E-state index is 0.151. The smallest absolute Gasteiger partial charge is 0.181 e. The molecule has 8 heteroatoms. The summed E-state index contributed by atoms with van der Waals surface area (Å²) in [5.41, 5.74) is 2.11. The first-order valence-electron chi connectivity index (χ1n) is 9.94. The number of hydrogen-bond donors (Lipinski definition) is 0. The van der Waals surface area contributed by atoms with Crippen LogP contribution in [-0.2, 0) is 27.1 Å². The van der Waals surface area contributed by atoms with Crippen molar-refractivity contribution in [2.45, 2.75) is 37.8 Å². The summed E-state index contributed by atoms with van der Waals surface area (Å²) in [6.07, 6.45) is 9.29. The quantitative estimate of drug-likeness (QED) is 0.249. The highest BCUT2D eigenvalue weighted by atomic mass is 32.2. The molecular formula is C21H32N4O3S. The van der Waals surface area contributed by atoms with Gasteiger partial charge in [0.1, 0.15) is 5.82 Å². The maximum atomic E-state index is 5.60. The Labute approximate surface area is 176 Å². The lowest BCUT2D eigenvalue weighted by molar-refractivity contribution is 0.0138. The van der Waals surface area contributed by atoms with Gasteiger partial charge in [0.2, 0.25) is 0 Å². The van der Waals surface area contributed by atoms with Gasteiger partial charge in [0.05, 0.1) is 26.4 Å². The molecule has 0 aliphatic carbocycles. The Kier molecular flexibility index (Phi) is 11.6. The summed E-state index contributed by atoms with van der Waals surface area (Å²) in [6, 6.07) is 3.90. The van der Waals surface area contributed by atoms with Gasteiger partial charge in [0, 0.05) is 37.0 Å². The molecule has 1 unspecified atom stereocenters. The van der Waals surface area contributed by atoms with Crippen LogP contribution in [-0.4, -0.2) is 71.7 Å². The van der Waals surface area contributed by atoms with Crippen molar-refractivity contribution in [2.75, 3.05) is 45.9 Å². The molecule has 0 aromatic carbocycles. The Hall–Kier alpha value is -1.74. The van der Waals surface area contributed by atoms with Gasteiger partial charge in [0.15, 0.2) is 5.16 Å². The zero-order valence-corrected chi connectivity index (χ0v) is 18.3. The van der Waals surface area contributed by atoms with E-state index < -0.39 is 0 Å². The average Bonchev–Trinajstić information content (AvgIpc) is 2.71. The van der Waals surface area contributed by atoms with Crippen LogP contribution in [0.1, 0.15) is 30.1 Å². The summed E-state index contributed by atoms with van der Waals surface area (Å²) in [5.74, 6) is 4.79. The van der Waals surface area contributed by atoms with Crippen LogP contribution >= 0.6 is 10.5 Å². The fraction of sp³-hybridized carbons (Fsp3) is 0.571. The molecule has 0 amide bonds. The third kappa shape index (κ3) is 10.6. The molecular weight excluding hydrogens is 388 g/mol. The SMILES string of the molecule is C=S(C)c1nccc(CCCOCCOCCOCCCc2ccnc(C)n2)n1. The zero-order chi connectivity index (χ0) is 20.7. The fourth-order valence-electron chi connectivity index (χ4n) is 2.58. The molecule has 0 saturated heterocycles. The first kappa shape index (κ1) is 23.5. The van der Waals surface area contributed by atoms with Crippen LogP contribution in [0.5, 0.6) is 0 Å². The van der Waals surface area contributed by atoms with Gasteiger partial charge < -0.3 is 14.2 Å². The second-order valence-corrected chi connectivity index (χ2v) is 8.25. The Morgan fingerprint density at radius 3 is 1.86 bits per heavy atom. The van der Waals surface area contributed by atoms with Gasteiger partial charge in [-0.25, -0.2) is 19.9 Å². The maximum absolute atomic E-state index is 5.60. The molecule has 0 radical (unpaired) electrons. The molecule has 1 atom stereocenters. The van der Waals surface area contributed by atoms with Crippen molar-refractivity contribution in [3.63, 3.8) is 0 Å². The third-order valence-electron chi connectivity index (χ3n) is 4.02. The number of rotatable bonds is 15. The van der Waals surface area contributed by atoms with E-state index >= 15 is 0 Å². The molecule has 0 aliphatic rings. The zero-order valence-electron chi connectivity index (χ0n) is 17.5. The largest absolute Gasteiger partial charge is 0.379 e. The van der Waals surface area contributed by atoms with Gasteiger partial charge in [-0.05, 0) is 51.0 Å². The average molecular weight is 421 g/mol. The molecule has 29 heavy (non-hydrogen) atoms. The highest BCUT2D eigenvalue weighted by Crippen LogP contribution is 2.14. The Morgan fingerprint density at radius 2 is 1.31 bits per heavy atom. The van der Waals surface area contributed by atoms with E-state index in [-0.39, 0.29) is 10.5 Å². The second kappa shape index (κ2) is 14.3. The van der Waals surface area contributed by atoms with Crippen LogP contribution in [0.15, 0.2) is 29.7 Å². The van der Waals surface area contributed by atoms with E-state index in [0.717, 1.165) is 48.1 Å². The highest BCUT2D eigenvalue weighted by Gasteiger charge is 2.00. The molecule has 0 saturated carbocycles. The van der Waals surface area contributed by atoms with Crippen molar-refractivity contribution in [3.8, 4) is 0 Å². The first-order chi connectivity index (χ1) is 14.1. The second-order valence-electron chi connectivity index (χ2n) is 6.61. The van der Waals surface area contributed by atoms with E-state index in [0.29, 0.717) is 39.6 Å². The van der Waals surface area contributed by atoms with Crippen LogP contribution in [0.25, 0.3) is 0 Å². The summed E-state index contributed by atoms with van der Waals surface area (Å²) in [4.78, 5) is 17.2. The van der Waals surface area contributed by atoms with Crippen LogP contribution in [0.3, 0.4) is 0 Å². The van der Waals surface area contributed by atoms with Crippen LogP contribution in [0.4, 0.5) is 0 Å². The van der Waals surface area contributed by atoms with Crippen LogP contribution in [0.2, 0.25) is 0 Å². The highest BCUT2D eigenvalue weighted by molar-refractivity contribution is 8.13. The molecule has 2 rings (SSSR count). The number of aromatic nitrogens is 4.